The average molecular weight is 635 g/mol. The number of sulfone groups is 1. The van der Waals surface area contributed by atoms with Crippen molar-refractivity contribution in [1.29, 1.82) is 5.26 Å². The van der Waals surface area contributed by atoms with Crippen molar-refractivity contribution in [2.24, 2.45) is 0 Å². The fourth-order valence-corrected chi connectivity index (χ4v) is 7.61. The van der Waals surface area contributed by atoms with Crippen LogP contribution in [0.5, 0.6) is 11.5 Å². The largest absolute Gasteiger partial charge is 0.497 e. The summed E-state index contributed by atoms with van der Waals surface area (Å²) in [5.74, 6) is -0.727. The molecule has 0 bridgehead atoms. The van der Waals surface area contributed by atoms with Gasteiger partial charge in [0, 0.05) is 22.9 Å². The van der Waals surface area contributed by atoms with Crippen LogP contribution in [0.3, 0.4) is 0 Å². The van der Waals surface area contributed by atoms with Crippen molar-refractivity contribution in [1.82, 2.24) is 14.7 Å². The molecule has 0 radical (unpaired) electrons. The van der Waals surface area contributed by atoms with Gasteiger partial charge in [0.05, 0.1) is 48.7 Å². The Morgan fingerprint density at radius 3 is 2.28 bits per heavy atom. The van der Waals surface area contributed by atoms with Crippen LogP contribution in [-0.2, 0) is 19.4 Å². The minimum absolute atomic E-state index is 0.0738. The lowest BCUT2D eigenvalue weighted by molar-refractivity contribution is -0.142. The molecule has 0 saturated carbocycles. The number of nitrogens with zero attached hydrogens (tertiary/aromatic N) is 4. The molecule has 0 N–H and O–H groups in total. The van der Waals surface area contributed by atoms with E-state index in [1.54, 1.807) is 48.3 Å². The number of methoxy groups -OCH3 is 2. The molecule has 232 valence electrons. The number of amides is 2. The number of rotatable bonds is 7. The predicted octanol–water partition coefficient (Wildman–Crippen LogP) is 4.78. The van der Waals surface area contributed by atoms with Crippen molar-refractivity contribution in [3.8, 4) is 34.5 Å². The molecule has 2 aliphatic heterocycles. The third-order valence-corrected chi connectivity index (χ3v) is 9.95. The molecule has 1 aromatic heterocycles. The van der Waals surface area contributed by atoms with E-state index >= 15 is 0 Å². The van der Waals surface area contributed by atoms with Crippen molar-refractivity contribution >= 4 is 33.3 Å². The molecule has 1 unspecified atom stereocenters. The fourth-order valence-electron chi connectivity index (χ4n) is 5.91. The maximum absolute atomic E-state index is 14.4. The summed E-state index contributed by atoms with van der Waals surface area (Å²) in [5, 5.41) is 15.2. The fraction of sp³-hybridized carbons (Fsp3) is 0.200. The van der Waals surface area contributed by atoms with Gasteiger partial charge in [-0.3, -0.25) is 14.5 Å². The lowest BCUT2D eigenvalue weighted by atomic mass is 9.86. The molecular weight excluding hydrogens is 604 g/mol. The number of carbonyl (C=O) groups is 2. The molecule has 1 atom stereocenters. The molecule has 2 aliphatic rings. The quantitative estimate of drug-likeness (QED) is 0.210. The Morgan fingerprint density at radius 2 is 1.67 bits per heavy atom. The third kappa shape index (κ3) is 5.59. The number of nitriles is 1. The Morgan fingerprint density at radius 1 is 0.957 bits per heavy atom. The molecule has 6 rings (SSSR count). The number of hydrogen-bond acceptors (Lipinski definition) is 8. The summed E-state index contributed by atoms with van der Waals surface area (Å²) in [5.41, 5.74) is 3.96. The Bertz CT molecular complexity index is 2070. The first-order valence-electron chi connectivity index (χ1n) is 14.5. The highest BCUT2D eigenvalue weighted by molar-refractivity contribution is 7.91. The van der Waals surface area contributed by atoms with E-state index in [2.05, 4.69) is 0 Å². The number of aryl methyl sites for hydroxylation is 1. The molecule has 10 nitrogen and oxygen atoms in total. The molecule has 2 amide bonds. The van der Waals surface area contributed by atoms with Gasteiger partial charge in [-0.1, -0.05) is 30.3 Å². The zero-order valence-electron chi connectivity index (χ0n) is 25.4. The van der Waals surface area contributed by atoms with Gasteiger partial charge in [-0.15, -0.1) is 0 Å². The van der Waals surface area contributed by atoms with Gasteiger partial charge in [0.1, 0.15) is 23.1 Å². The van der Waals surface area contributed by atoms with E-state index in [4.69, 9.17) is 14.6 Å². The first-order valence-corrected chi connectivity index (χ1v) is 16.4. The zero-order valence-corrected chi connectivity index (χ0v) is 26.2. The van der Waals surface area contributed by atoms with Gasteiger partial charge >= 0.3 is 0 Å². The Hall–Kier alpha value is -5.47. The van der Waals surface area contributed by atoms with E-state index in [-0.39, 0.29) is 34.6 Å². The van der Waals surface area contributed by atoms with Gasteiger partial charge in [0.2, 0.25) is 0 Å². The van der Waals surface area contributed by atoms with Crippen LogP contribution >= 0.6 is 0 Å². The number of aromatic nitrogens is 2. The first-order chi connectivity index (χ1) is 22.1. The molecule has 46 heavy (non-hydrogen) atoms. The maximum Gasteiger partial charge on any atom is 0.272 e. The third-order valence-electron chi connectivity index (χ3n) is 8.20. The number of hydrogen-bond donors (Lipinski definition) is 0. The van der Waals surface area contributed by atoms with Gasteiger partial charge in [0.25, 0.3) is 11.8 Å². The summed E-state index contributed by atoms with van der Waals surface area (Å²) in [6, 6.07) is 23.0. The van der Waals surface area contributed by atoms with Crippen molar-refractivity contribution in [3.63, 3.8) is 0 Å². The highest BCUT2D eigenvalue weighted by Gasteiger charge is 2.45. The molecular formula is C35H30N4O6S. The number of imide groups is 1. The van der Waals surface area contributed by atoms with Crippen LogP contribution in [0, 0.1) is 18.3 Å². The number of ether oxygens (including phenoxy) is 2. The predicted molar refractivity (Wildman–Crippen MR) is 173 cm³/mol. The minimum Gasteiger partial charge on any atom is -0.497 e. The molecule has 0 spiro atoms. The van der Waals surface area contributed by atoms with E-state index in [1.165, 1.54) is 7.11 Å². The van der Waals surface area contributed by atoms with Crippen LogP contribution < -0.4 is 9.47 Å². The smallest absolute Gasteiger partial charge is 0.272 e. The zero-order chi connectivity index (χ0) is 32.6. The molecule has 1 fully saturated rings. The van der Waals surface area contributed by atoms with Crippen LogP contribution in [0.4, 0.5) is 0 Å². The van der Waals surface area contributed by atoms with E-state index in [9.17, 15) is 23.3 Å². The Kier molecular flexibility index (Phi) is 8.06. The second-order valence-electron chi connectivity index (χ2n) is 11.1. The molecule has 0 aliphatic carbocycles. The summed E-state index contributed by atoms with van der Waals surface area (Å²) >= 11 is 0. The van der Waals surface area contributed by atoms with Crippen LogP contribution in [0.1, 0.15) is 23.1 Å². The van der Waals surface area contributed by atoms with Crippen molar-refractivity contribution in [2.45, 2.75) is 19.4 Å². The standard InChI is InChI=1S/C35H30N4O6S/c1-22-17-24(11-14-31(22)45-3)33-25(20-38(37-33)26-7-5-4-6-8-26)18-29-32(23-9-12-28(44-2)13-10-23)30(19-36)35(41)39(34(29)40)27-15-16-46(42,43)21-27/h4-14,17-18,20,27H,15-16,21H2,1-3H3/b29-18-. The SMILES string of the molecule is COc1ccc(C2=C(C#N)C(=O)N(C3CCS(=O)(=O)C3)C(=O)/C2=C\c2cn(-c3ccccc3)nc2-c2ccc(OC)c(C)c2)cc1. The second-order valence-corrected chi connectivity index (χ2v) is 13.3. The van der Waals surface area contributed by atoms with Crippen LogP contribution in [0.25, 0.3) is 28.6 Å². The van der Waals surface area contributed by atoms with Crippen LogP contribution in [0.2, 0.25) is 0 Å². The van der Waals surface area contributed by atoms with E-state index in [0.717, 1.165) is 21.7 Å². The summed E-state index contributed by atoms with van der Waals surface area (Å²) in [6.07, 6.45) is 3.51. The molecule has 11 heteroatoms. The van der Waals surface area contributed by atoms with Gasteiger partial charge in [-0.25, -0.2) is 13.1 Å². The Labute approximate surface area is 266 Å². The lowest BCUT2D eigenvalue weighted by Gasteiger charge is -2.32. The number of para-hydroxylation sites is 1. The normalized spacial score (nSPS) is 18.6. The van der Waals surface area contributed by atoms with E-state index in [1.807, 2.05) is 61.5 Å². The van der Waals surface area contributed by atoms with Crippen molar-refractivity contribution < 1.29 is 27.5 Å². The van der Waals surface area contributed by atoms with E-state index in [0.29, 0.717) is 28.3 Å². The lowest BCUT2D eigenvalue weighted by Crippen LogP contribution is -2.49. The topological polar surface area (TPSA) is 132 Å². The summed E-state index contributed by atoms with van der Waals surface area (Å²) < 4.78 is 37.3. The van der Waals surface area contributed by atoms with Crippen LogP contribution in [-0.4, -0.2) is 66.7 Å². The summed E-state index contributed by atoms with van der Waals surface area (Å²) in [6.45, 7) is 1.92. The average Bonchev–Trinajstić information content (AvgIpc) is 3.65. The van der Waals surface area contributed by atoms with E-state index < -0.39 is 27.7 Å². The second kappa shape index (κ2) is 12.1. The molecule has 3 heterocycles. The molecule has 1 saturated heterocycles. The summed E-state index contributed by atoms with van der Waals surface area (Å²) in [7, 11) is -0.329. The maximum atomic E-state index is 14.4. The van der Waals surface area contributed by atoms with Gasteiger partial charge in [0.15, 0.2) is 9.84 Å². The summed E-state index contributed by atoms with van der Waals surface area (Å²) in [4.78, 5) is 29.1. The van der Waals surface area contributed by atoms with Crippen molar-refractivity contribution in [2.75, 3.05) is 25.7 Å². The van der Waals surface area contributed by atoms with Gasteiger partial charge in [-0.2, -0.15) is 10.4 Å². The highest BCUT2D eigenvalue weighted by Crippen LogP contribution is 2.39. The van der Waals surface area contributed by atoms with Gasteiger partial charge < -0.3 is 9.47 Å². The Balaban J connectivity index is 1.60. The number of benzene rings is 3. The van der Waals surface area contributed by atoms with Crippen LogP contribution in [0.15, 0.2) is 90.1 Å². The monoisotopic (exact) mass is 634 g/mol. The molecule has 4 aromatic rings. The highest BCUT2D eigenvalue weighted by atomic mass is 32.2. The number of carbonyl (C=O) groups excluding carboxylic acids is 2. The minimum atomic E-state index is -3.45. The molecule has 3 aromatic carbocycles. The first kappa shape index (κ1) is 30.6. The van der Waals surface area contributed by atoms with Crippen molar-refractivity contribution in [3.05, 3.63) is 107 Å². The van der Waals surface area contributed by atoms with Gasteiger partial charge in [-0.05, 0) is 73.0 Å².